The van der Waals surface area contributed by atoms with Crippen molar-refractivity contribution in [1.82, 2.24) is 4.98 Å². The number of aromatic nitrogens is 1. The van der Waals surface area contributed by atoms with Gasteiger partial charge in [0.2, 0.25) is 0 Å². The first-order valence-corrected chi connectivity index (χ1v) is 7.56. The number of fused-ring (bicyclic) bond motifs is 1. The second-order valence-electron chi connectivity index (χ2n) is 5.02. The van der Waals surface area contributed by atoms with Crippen LogP contribution in [0.15, 0.2) is 24.3 Å². The average Bonchev–Trinajstić information content (AvgIpc) is 2.98. The van der Waals surface area contributed by atoms with Crippen LogP contribution < -0.4 is 5.32 Å². The molecule has 0 spiro atoms. The lowest BCUT2D eigenvalue weighted by Gasteiger charge is -2.06. The number of anilines is 2. The van der Waals surface area contributed by atoms with Crippen LogP contribution >= 0.6 is 11.3 Å². The summed E-state index contributed by atoms with van der Waals surface area (Å²) in [5.74, 6) is -1.24. The van der Waals surface area contributed by atoms with Gasteiger partial charge in [-0.2, -0.15) is 0 Å². The van der Waals surface area contributed by atoms with Crippen LogP contribution in [0.3, 0.4) is 0 Å². The Morgan fingerprint density at radius 1 is 1.57 bits per heavy atom. The van der Waals surface area contributed by atoms with Crippen LogP contribution in [0.1, 0.15) is 28.5 Å². The summed E-state index contributed by atoms with van der Waals surface area (Å²) >= 11 is 1.54. The number of thiazole rings is 1. The highest BCUT2D eigenvalue weighted by atomic mass is 32.1. The van der Waals surface area contributed by atoms with Crippen molar-refractivity contribution in [3.8, 4) is 0 Å². The Hall–Kier alpha value is -1.92. The Morgan fingerprint density at radius 2 is 2.43 bits per heavy atom. The number of benzene rings is 1. The molecule has 21 heavy (non-hydrogen) atoms. The number of aliphatic carboxylic acids is 1. The summed E-state index contributed by atoms with van der Waals surface area (Å²) in [5, 5.41) is 13.2. The minimum absolute atomic E-state index is 0.452. The number of nitrogens with one attached hydrogen (secondary N) is 1. The Kier molecular flexibility index (Phi) is 3.90. The number of aryl methyl sites for hydroxylation is 1. The maximum Gasteiger partial charge on any atom is 0.312 e. The molecule has 1 aliphatic carbocycles. The predicted octanol–water partition coefficient (Wildman–Crippen LogP) is 3.15. The van der Waals surface area contributed by atoms with Gasteiger partial charge in [0.15, 0.2) is 5.13 Å². The monoisotopic (exact) mass is 304 g/mol. The summed E-state index contributed by atoms with van der Waals surface area (Å²) in [5.41, 5.74) is 2.74. The molecule has 110 valence electrons. The molecule has 0 amide bonds. The lowest BCUT2D eigenvalue weighted by atomic mass is 10.1. The third-order valence-corrected chi connectivity index (χ3v) is 4.55. The van der Waals surface area contributed by atoms with Crippen molar-refractivity contribution in [2.24, 2.45) is 0 Å². The van der Waals surface area contributed by atoms with E-state index in [-0.39, 0.29) is 0 Å². The van der Waals surface area contributed by atoms with Gasteiger partial charge in [0.1, 0.15) is 5.92 Å². The van der Waals surface area contributed by atoms with E-state index in [1.54, 1.807) is 18.4 Å². The van der Waals surface area contributed by atoms with Crippen LogP contribution in [0.5, 0.6) is 0 Å². The zero-order chi connectivity index (χ0) is 14.8. The van der Waals surface area contributed by atoms with E-state index in [2.05, 4.69) is 10.3 Å². The standard InChI is InChI=1S/C15H16N2O3S/c1-20-8-9-3-2-4-10(7-9)16-15-17-13-11(14(18)19)5-6-12(13)21-15/h2-4,7,11H,5-6,8H2,1H3,(H,16,17)(H,18,19). The molecule has 5 nitrogen and oxygen atoms in total. The quantitative estimate of drug-likeness (QED) is 0.888. The van der Waals surface area contributed by atoms with Crippen molar-refractivity contribution in [3.05, 3.63) is 40.4 Å². The summed E-state index contributed by atoms with van der Waals surface area (Å²) in [6, 6.07) is 7.92. The zero-order valence-corrected chi connectivity index (χ0v) is 12.4. The molecule has 1 unspecified atom stereocenters. The number of carbonyl (C=O) groups is 1. The summed E-state index contributed by atoms with van der Waals surface area (Å²) in [4.78, 5) is 16.7. The molecule has 1 aromatic heterocycles. The second kappa shape index (κ2) is 5.83. The number of nitrogens with zero attached hydrogens (tertiary/aromatic N) is 1. The molecule has 0 aliphatic heterocycles. The number of hydrogen-bond donors (Lipinski definition) is 2. The zero-order valence-electron chi connectivity index (χ0n) is 11.6. The smallest absolute Gasteiger partial charge is 0.312 e. The first kappa shape index (κ1) is 14.0. The highest BCUT2D eigenvalue weighted by Crippen LogP contribution is 2.39. The van der Waals surface area contributed by atoms with Crippen molar-refractivity contribution in [1.29, 1.82) is 0 Å². The number of ether oxygens (including phenoxy) is 1. The van der Waals surface area contributed by atoms with Crippen LogP contribution in [0.2, 0.25) is 0 Å². The minimum atomic E-state index is -0.785. The largest absolute Gasteiger partial charge is 0.481 e. The molecule has 1 atom stereocenters. The van der Waals surface area contributed by atoms with Crippen molar-refractivity contribution in [2.45, 2.75) is 25.4 Å². The number of carboxylic acids is 1. The predicted molar refractivity (Wildman–Crippen MR) is 81.2 cm³/mol. The molecule has 0 fully saturated rings. The van der Waals surface area contributed by atoms with Gasteiger partial charge in [0, 0.05) is 17.7 Å². The molecule has 1 heterocycles. The molecular weight excluding hydrogens is 288 g/mol. The maximum absolute atomic E-state index is 11.2. The summed E-state index contributed by atoms with van der Waals surface area (Å²) < 4.78 is 5.12. The van der Waals surface area contributed by atoms with Gasteiger partial charge in [-0.3, -0.25) is 4.79 Å². The normalized spacial score (nSPS) is 16.7. The Labute approximate surface area is 126 Å². The molecule has 1 aromatic carbocycles. The number of methoxy groups -OCH3 is 1. The van der Waals surface area contributed by atoms with E-state index in [1.165, 1.54) is 0 Å². The summed E-state index contributed by atoms with van der Waals surface area (Å²) in [6.07, 6.45) is 1.46. The van der Waals surface area contributed by atoms with Crippen LogP contribution in [-0.4, -0.2) is 23.2 Å². The van der Waals surface area contributed by atoms with Gasteiger partial charge in [-0.15, -0.1) is 11.3 Å². The van der Waals surface area contributed by atoms with E-state index >= 15 is 0 Å². The second-order valence-corrected chi connectivity index (χ2v) is 6.10. The SMILES string of the molecule is COCc1cccc(Nc2nc3c(s2)CCC3C(=O)O)c1. The van der Waals surface area contributed by atoms with Gasteiger partial charge in [-0.1, -0.05) is 12.1 Å². The van der Waals surface area contributed by atoms with E-state index in [1.807, 2.05) is 24.3 Å². The average molecular weight is 304 g/mol. The van der Waals surface area contributed by atoms with Crippen molar-refractivity contribution in [3.63, 3.8) is 0 Å². The third-order valence-electron chi connectivity index (χ3n) is 3.51. The molecule has 2 N–H and O–H groups in total. The molecular formula is C15H16N2O3S. The third kappa shape index (κ3) is 2.91. The molecule has 0 bridgehead atoms. The van der Waals surface area contributed by atoms with Crippen LogP contribution in [0.4, 0.5) is 10.8 Å². The number of carboxylic acid groups (broad SMARTS) is 1. The van der Waals surface area contributed by atoms with E-state index < -0.39 is 11.9 Å². The van der Waals surface area contributed by atoms with Gasteiger partial charge in [-0.25, -0.2) is 4.98 Å². The number of rotatable bonds is 5. The summed E-state index contributed by atoms with van der Waals surface area (Å²) in [7, 11) is 1.66. The minimum Gasteiger partial charge on any atom is -0.481 e. The Bertz CT molecular complexity index is 669. The highest BCUT2D eigenvalue weighted by Gasteiger charge is 2.32. The fourth-order valence-corrected chi connectivity index (χ4v) is 3.61. The molecule has 0 saturated heterocycles. The van der Waals surface area contributed by atoms with Gasteiger partial charge >= 0.3 is 5.97 Å². The van der Waals surface area contributed by atoms with Crippen LogP contribution in [0, 0.1) is 0 Å². The van der Waals surface area contributed by atoms with Crippen molar-refractivity contribution < 1.29 is 14.6 Å². The van der Waals surface area contributed by atoms with Gasteiger partial charge in [0.25, 0.3) is 0 Å². The molecule has 2 aromatic rings. The van der Waals surface area contributed by atoms with E-state index in [0.29, 0.717) is 13.0 Å². The van der Waals surface area contributed by atoms with E-state index in [0.717, 1.165) is 33.4 Å². The first-order chi connectivity index (χ1) is 10.2. The molecule has 0 radical (unpaired) electrons. The molecule has 3 rings (SSSR count). The van der Waals surface area contributed by atoms with Crippen LogP contribution in [-0.2, 0) is 22.6 Å². The fraction of sp³-hybridized carbons (Fsp3) is 0.333. The first-order valence-electron chi connectivity index (χ1n) is 6.74. The Balaban J connectivity index is 1.79. The molecule has 0 saturated carbocycles. The van der Waals surface area contributed by atoms with E-state index in [9.17, 15) is 9.90 Å². The lowest BCUT2D eigenvalue weighted by Crippen LogP contribution is -2.08. The van der Waals surface area contributed by atoms with Crippen molar-refractivity contribution >= 4 is 28.1 Å². The van der Waals surface area contributed by atoms with Gasteiger partial charge in [0.05, 0.1) is 12.3 Å². The molecule has 6 heteroatoms. The topological polar surface area (TPSA) is 71.5 Å². The summed E-state index contributed by atoms with van der Waals surface area (Å²) in [6.45, 7) is 0.560. The fourth-order valence-electron chi connectivity index (χ4n) is 2.55. The maximum atomic E-state index is 11.2. The van der Waals surface area contributed by atoms with Crippen LogP contribution in [0.25, 0.3) is 0 Å². The number of hydrogen-bond acceptors (Lipinski definition) is 5. The van der Waals surface area contributed by atoms with E-state index in [4.69, 9.17) is 4.74 Å². The molecule has 1 aliphatic rings. The van der Waals surface area contributed by atoms with Crippen molar-refractivity contribution in [2.75, 3.05) is 12.4 Å². The van der Waals surface area contributed by atoms with Gasteiger partial charge in [-0.05, 0) is 30.5 Å². The highest BCUT2D eigenvalue weighted by molar-refractivity contribution is 7.15. The lowest BCUT2D eigenvalue weighted by molar-refractivity contribution is -0.138. The van der Waals surface area contributed by atoms with Gasteiger partial charge < -0.3 is 15.2 Å². The Morgan fingerprint density at radius 3 is 3.19 bits per heavy atom.